The lowest BCUT2D eigenvalue weighted by atomic mass is 10.2. The summed E-state index contributed by atoms with van der Waals surface area (Å²) in [7, 11) is 0. The summed E-state index contributed by atoms with van der Waals surface area (Å²) in [5, 5.41) is 5.22. The van der Waals surface area contributed by atoms with Gasteiger partial charge in [0.05, 0.1) is 6.61 Å². The van der Waals surface area contributed by atoms with E-state index in [1.165, 1.54) is 12.8 Å². The third kappa shape index (κ3) is 9.00. The molecule has 0 saturated heterocycles. The number of ether oxygens (including phenoxy) is 1. The first-order chi connectivity index (χ1) is 10.7. The third-order valence-electron chi connectivity index (χ3n) is 3.21. The lowest BCUT2D eigenvalue weighted by molar-refractivity contribution is -0.142. The monoisotopic (exact) mass is 306 g/mol. The van der Waals surface area contributed by atoms with Crippen molar-refractivity contribution in [3.8, 4) is 0 Å². The van der Waals surface area contributed by atoms with Crippen molar-refractivity contribution in [2.24, 2.45) is 0 Å². The van der Waals surface area contributed by atoms with Crippen LogP contribution in [-0.2, 0) is 16.0 Å². The van der Waals surface area contributed by atoms with Gasteiger partial charge in [-0.1, -0.05) is 56.5 Å². The number of amides is 2. The molecule has 0 heterocycles. The van der Waals surface area contributed by atoms with E-state index in [0.717, 1.165) is 18.4 Å². The molecule has 5 heteroatoms. The molecule has 122 valence electrons. The lowest BCUT2D eigenvalue weighted by Crippen LogP contribution is -2.39. The van der Waals surface area contributed by atoms with E-state index >= 15 is 0 Å². The molecule has 0 atom stereocenters. The van der Waals surface area contributed by atoms with E-state index in [0.29, 0.717) is 19.6 Å². The fourth-order valence-electron chi connectivity index (χ4n) is 1.95. The van der Waals surface area contributed by atoms with Crippen molar-refractivity contribution in [1.82, 2.24) is 10.6 Å². The van der Waals surface area contributed by atoms with Gasteiger partial charge in [-0.3, -0.25) is 4.79 Å². The normalized spacial score (nSPS) is 10.0. The van der Waals surface area contributed by atoms with Gasteiger partial charge in [0.25, 0.3) is 0 Å². The first kappa shape index (κ1) is 18.0. The zero-order chi connectivity index (χ0) is 16.0. The van der Waals surface area contributed by atoms with E-state index in [1.807, 2.05) is 30.3 Å². The van der Waals surface area contributed by atoms with Gasteiger partial charge >= 0.3 is 12.0 Å². The largest absolute Gasteiger partial charge is 0.464 e. The van der Waals surface area contributed by atoms with Gasteiger partial charge in [-0.25, -0.2) is 4.79 Å². The molecule has 1 aromatic rings. The summed E-state index contributed by atoms with van der Waals surface area (Å²) in [6, 6.07) is 9.49. The van der Waals surface area contributed by atoms with Crippen LogP contribution < -0.4 is 10.6 Å². The Morgan fingerprint density at radius 3 is 2.55 bits per heavy atom. The van der Waals surface area contributed by atoms with Crippen molar-refractivity contribution in [1.29, 1.82) is 0 Å². The summed E-state index contributed by atoms with van der Waals surface area (Å²) in [4.78, 5) is 22.9. The Kier molecular flexibility index (Phi) is 9.50. The molecule has 1 aromatic carbocycles. The van der Waals surface area contributed by atoms with Crippen molar-refractivity contribution in [2.45, 2.75) is 39.0 Å². The van der Waals surface area contributed by atoms with Gasteiger partial charge in [-0.15, -0.1) is 0 Å². The molecule has 0 spiro atoms. The zero-order valence-electron chi connectivity index (χ0n) is 13.3. The van der Waals surface area contributed by atoms with Crippen LogP contribution >= 0.6 is 0 Å². The minimum atomic E-state index is -0.419. The van der Waals surface area contributed by atoms with E-state index < -0.39 is 5.97 Å². The molecular formula is C17H26N2O3. The average Bonchev–Trinajstić information content (AvgIpc) is 2.54. The highest BCUT2D eigenvalue weighted by atomic mass is 16.5. The average molecular weight is 306 g/mol. The van der Waals surface area contributed by atoms with Crippen LogP contribution in [0.25, 0.3) is 0 Å². The van der Waals surface area contributed by atoms with E-state index in [1.54, 1.807) is 0 Å². The molecule has 0 unspecified atom stereocenters. The van der Waals surface area contributed by atoms with Crippen LogP contribution in [0.3, 0.4) is 0 Å². The van der Waals surface area contributed by atoms with E-state index in [2.05, 4.69) is 17.6 Å². The van der Waals surface area contributed by atoms with E-state index in [-0.39, 0.29) is 12.6 Å². The maximum Gasteiger partial charge on any atom is 0.325 e. The highest BCUT2D eigenvalue weighted by Crippen LogP contribution is 1.99. The Bertz CT molecular complexity index is 435. The number of benzene rings is 1. The molecule has 0 bridgehead atoms. The standard InChI is InChI=1S/C17H26N2O3/c1-2-3-4-8-12-18-17(21)19-14-16(20)22-13-11-15-9-6-5-7-10-15/h5-7,9-10H,2-4,8,11-14H2,1H3,(H2,18,19,21). The van der Waals surface area contributed by atoms with Crippen LogP contribution in [0.2, 0.25) is 0 Å². The van der Waals surface area contributed by atoms with Crippen LogP contribution in [-0.4, -0.2) is 31.7 Å². The van der Waals surface area contributed by atoms with Gasteiger partial charge in [-0.2, -0.15) is 0 Å². The molecule has 5 nitrogen and oxygen atoms in total. The Balaban J connectivity index is 2.01. The minimum absolute atomic E-state index is 0.102. The second-order valence-electron chi connectivity index (χ2n) is 5.13. The molecule has 2 N–H and O–H groups in total. The molecule has 0 radical (unpaired) electrons. The third-order valence-corrected chi connectivity index (χ3v) is 3.21. The van der Waals surface area contributed by atoms with Crippen LogP contribution in [0.15, 0.2) is 30.3 Å². The highest BCUT2D eigenvalue weighted by Gasteiger charge is 2.05. The number of urea groups is 1. The molecule has 2 amide bonds. The summed E-state index contributed by atoms with van der Waals surface area (Å²) < 4.78 is 5.07. The number of rotatable bonds is 10. The summed E-state index contributed by atoms with van der Waals surface area (Å²) in [6.45, 7) is 3.00. The first-order valence-corrected chi connectivity index (χ1v) is 7.93. The van der Waals surface area contributed by atoms with Gasteiger partial charge in [0.2, 0.25) is 0 Å². The number of carbonyl (C=O) groups excluding carboxylic acids is 2. The molecule has 22 heavy (non-hydrogen) atoms. The summed E-state index contributed by atoms with van der Waals surface area (Å²) in [5.41, 5.74) is 1.12. The summed E-state index contributed by atoms with van der Waals surface area (Å²) in [6.07, 6.45) is 5.09. The van der Waals surface area contributed by atoms with Gasteiger partial charge in [0.15, 0.2) is 0 Å². The molecule has 0 aliphatic carbocycles. The molecular weight excluding hydrogens is 280 g/mol. The van der Waals surface area contributed by atoms with Crippen LogP contribution in [0.5, 0.6) is 0 Å². The Morgan fingerprint density at radius 1 is 1.05 bits per heavy atom. The number of esters is 1. The van der Waals surface area contributed by atoms with E-state index in [4.69, 9.17) is 4.74 Å². The maximum absolute atomic E-state index is 11.5. The Hall–Kier alpha value is -2.04. The second-order valence-corrected chi connectivity index (χ2v) is 5.13. The van der Waals surface area contributed by atoms with Crippen LogP contribution in [0.1, 0.15) is 38.2 Å². The number of hydrogen-bond acceptors (Lipinski definition) is 3. The zero-order valence-corrected chi connectivity index (χ0v) is 13.3. The van der Waals surface area contributed by atoms with Crippen molar-refractivity contribution < 1.29 is 14.3 Å². The van der Waals surface area contributed by atoms with Gasteiger partial charge in [0, 0.05) is 13.0 Å². The number of hydrogen-bond donors (Lipinski definition) is 2. The van der Waals surface area contributed by atoms with E-state index in [9.17, 15) is 9.59 Å². The first-order valence-electron chi connectivity index (χ1n) is 7.93. The molecule has 0 fully saturated rings. The van der Waals surface area contributed by atoms with Crippen molar-refractivity contribution in [3.05, 3.63) is 35.9 Å². The van der Waals surface area contributed by atoms with Gasteiger partial charge < -0.3 is 15.4 Å². The summed E-state index contributed by atoms with van der Waals surface area (Å²) in [5.74, 6) is -0.419. The number of nitrogens with one attached hydrogen (secondary N) is 2. The summed E-state index contributed by atoms with van der Waals surface area (Å²) >= 11 is 0. The van der Waals surface area contributed by atoms with Crippen molar-refractivity contribution in [3.63, 3.8) is 0 Å². The Morgan fingerprint density at radius 2 is 1.82 bits per heavy atom. The second kappa shape index (κ2) is 11.6. The SMILES string of the molecule is CCCCCCNC(=O)NCC(=O)OCCc1ccccc1. The minimum Gasteiger partial charge on any atom is -0.464 e. The topological polar surface area (TPSA) is 67.4 Å². The fourth-order valence-corrected chi connectivity index (χ4v) is 1.95. The van der Waals surface area contributed by atoms with Crippen LogP contribution in [0, 0.1) is 0 Å². The van der Waals surface area contributed by atoms with Crippen molar-refractivity contribution >= 4 is 12.0 Å². The van der Waals surface area contributed by atoms with Gasteiger partial charge in [0.1, 0.15) is 6.54 Å². The predicted molar refractivity (Wildman–Crippen MR) is 86.6 cm³/mol. The molecule has 0 saturated carbocycles. The molecule has 0 aliphatic rings. The highest BCUT2D eigenvalue weighted by molar-refractivity contribution is 5.80. The number of unbranched alkanes of at least 4 members (excludes halogenated alkanes) is 3. The number of carbonyl (C=O) groups is 2. The molecule has 0 aliphatic heterocycles. The van der Waals surface area contributed by atoms with Gasteiger partial charge in [-0.05, 0) is 12.0 Å². The van der Waals surface area contributed by atoms with Crippen LogP contribution in [0.4, 0.5) is 4.79 Å². The van der Waals surface area contributed by atoms with Crippen molar-refractivity contribution in [2.75, 3.05) is 19.7 Å². The fraction of sp³-hybridized carbons (Fsp3) is 0.529. The quantitative estimate of drug-likeness (QED) is 0.516. The smallest absolute Gasteiger partial charge is 0.325 e. The molecule has 1 rings (SSSR count). The molecule has 0 aromatic heterocycles. The predicted octanol–water partition coefficient (Wildman–Crippen LogP) is 2.65. The maximum atomic E-state index is 11.5. The Labute approximate surface area is 132 Å². The lowest BCUT2D eigenvalue weighted by Gasteiger charge is -2.08.